The molecule has 3 aromatic heterocycles. The zero-order valence-electron chi connectivity index (χ0n) is 27.4. The Hall–Kier alpha value is -6.91. The summed E-state index contributed by atoms with van der Waals surface area (Å²) in [4.78, 5) is 6.91. The summed E-state index contributed by atoms with van der Waals surface area (Å²) in [5, 5.41) is 10.1. The number of anilines is 3. The quantitative estimate of drug-likeness (QED) is 0.190. The number of para-hydroxylation sites is 2. The van der Waals surface area contributed by atoms with Crippen molar-refractivity contribution in [2.75, 3.05) is 4.90 Å². The van der Waals surface area contributed by atoms with Crippen molar-refractivity contribution in [3.63, 3.8) is 0 Å². The molecule has 3 heterocycles. The summed E-state index contributed by atoms with van der Waals surface area (Å²) < 4.78 is 12.8. The van der Waals surface area contributed by atoms with Crippen LogP contribution in [0.4, 0.5) is 17.1 Å². The lowest BCUT2D eigenvalue weighted by molar-refractivity contribution is 0.672. The summed E-state index contributed by atoms with van der Waals surface area (Å²) in [6.07, 6.45) is 1.85. The summed E-state index contributed by atoms with van der Waals surface area (Å²) in [5.74, 6) is 0. The molecule has 11 aromatic rings. The van der Waals surface area contributed by atoms with Crippen molar-refractivity contribution in [2.45, 2.75) is 0 Å². The number of rotatable bonds is 4. The van der Waals surface area contributed by atoms with E-state index in [1.807, 2.05) is 36.5 Å². The molecule has 0 radical (unpaired) electrons. The Kier molecular flexibility index (Phi) is 5.92. The van der Waals surface area contributed by atoms with Gasteiger partial charge < -0.3 is 13.7 Å². The maximum Gasteiger partial charge on any atom is 0.143 e. The maximum absolute atomic E-state index is 6.40. The average molecular weight is 653 g/mol. The Morgan fingerprint density at radius 2 is 0.902 bits per heavy atom. The molecule has 4 nitrogen and oxygen atoms in total. The van der Waals surface area contributed by atoms with Gasteiger partial charge in [-0.1, -0.05) is 78.9 Å². The second-order valence-corrected chi connectivity index (χ2v) is 13.2. The molecule has 0 aliphatic heterocycles. The number of aromatic nitrogens is 1. The van der Waals surface area contributed by atoms with E-state index < -0.39 is 0 Å². The third-order valence-electron chi connectivity index (χ3n) is 10.3. The van der Waals surface area contributed by atoms with Crippen LogP contribution in [0, 0.1) is 0 Å². The zero-order valence-corrected chi connectivity index (χ0v) is 27.4. The third kappa shape index (κ3) is 4.37. The van der Waals surface area contributed by atoms with Crippen molar-refractivity contribution >= 4 is 93.4 Å². The van der Waals surface area contributed by atoms with Gasteiger partial charge in [0.1, 0.15) is 22.3 Å². The van der Waals surface area contributed by atoms with Crippen LogP contribution in [0.3, 0.4) is 0 Å². The smallest absolute Gasteiger partial charge is 0.143 e. The number of hydrogen-bond donors (Lipinski definition) is 0. The van der Waals surface area contributed by atoms with Crippen LogP contribution in [-0.2, 0) is 0 Å². The fourth-order valence-corrected chi connectivity index (χ4v) is 7.77. The van der Waals surface area contributed by atoms with E-state index in [9.17, 15) is 0 Å². The van der Waals surface area contributed by atoms with Crippen LogP contribution in [0.5, 0.6) is 0 Å². The topological polar surface area (TPSA) is 42.4 Å². The zero-order chi connectivity index (χ0) is 33.5. The highest BCUT2D eigenvalue weighted by atomic mass is 16.3. The molecular formula is C47H28N2O2. The SMILES string of the molecule is c1cnc2cc(-c3ccc(N(c4ccc5c(ccc6c7ccccc7oc56)c4)c4ccc5c(ccc6c7ccccc7oc56)c4)cc3)ccc2c1. The van der Waals surface area contributed by atoms with E-state index in [1.54, 1.807) is 0 Å². The lowest BCUT2D eigenvalue weighted by atomic mass is 10.0. The highest BCUT2D eigenvalue weighted by Gasteiger charge is 2.18. The van der Waals surface area contributed by atoms with Crippen molar-refractivity contribution in [1.82, 2.24) is 4.98 Å². The normalized spacial score (nSPS) is 11.9. The van der Waals surface area contributed by atoms with Crippen LogP contribution in [0.1, 0.15) is 0 Å². The van der Waals surface area contributed by atoms with Gasteiger partial charge in [0.25, 0.3) is 0 Å². The Labute approximate surface area is 292 Å². The molecule has 0 amide bonds. The summed E-state index contributed by atoms with van der Waals surface area (Å²) in [5.41, 5.74) is 10.1. The Morgan fingerprint density at radius 3 is 1.53 bits per heavy atom. The summed E-state index contributed by atoms with van der Waals surface area (Å²) in [6, 6.07) is 57.9. The molecule has 0 bridgehead atoms. The third-order valence-corrected chi connectivity index (χ3v) is 10.3. The van der Waals surface area contributed by atoms with Crippen molar-refractivity contribution in [2.24, 2.45) is 0 Å². The van der Waals surface area contributed by atoms with Crippen LogP contribution in [-0.4, -0.2) is 4.98 Å². The highest BCUT2D eigenvalue weighted by molar-refractivity contribution is 6.17. The highest BCUT2D eigenvalue weighted by Crippen LogP contribution is 2.42. The molecule has 0 spiro atoms. The van der Waals surface area contributed by atoms with E-state index in [0.717, 1.165) is 105 Å². The first kappa shape index (κ1) is 28.0. The number of nitrogens with zero attached hydrogens (tertiary/aromatic N) is 2. The first-order valence-electron chi connectivity index (χ1n) is 17.2. The molecular weight excluding hydrogens is 625 g/mol. The Morgan fingerprint density at radius 1 is 0.373 bits per heavy atom. The second kappa shape index (κ2) is 10.8. The number of benzene rings is 8. The lowest BCUT2D eigenvalue weighted by Crippen LogP contribution is -2.10. The monoisotopic (exact) mass is 652 g/mol. The molecule has 11 rings (SSSR count). The molecule has 0 atom stereocenters. The van der Waals surface area contributed by atoms with Gasteiger partial charge in [0, 0.05) is 61.0 Å². The van der Waals surface area contributed by atoms with Gasteiger partial charge in [0.15, 0.2) is 0 Å². The minimum absolute atomic E-state index is 0.905. The molecule has 0 aliphatic rings. The predicted molar refractivity (Wildman–Crippen MR) is 211 cm³/mol. The van der Waals surface area contributed by atoms with Gasteiger partial charge in [-0.2, -0.15) is 0 Å². The van der Waals surface area contributed by atoms with E-state index in [2.05, 4.69) is 143 Å². The van der Waals surface area contributed by atoms with Crippen molar-refractivity contribution in [1.29, 1.82) is 0 Å². The van der Waals surface area contributed by atoms with E-state index in [0.29, 0.717) is 0 Å². The molecule has 0 saturated carbocycles. The first-order valence-corrected chi connectivity index (χ1v) is 17.2. The van der Waals surface area contributed by atoms with Crippen LogP contribution in [0.25, 0.3) is 87.5 Å². The van der Waals surface area contributed by atoms with Crippen LogP contribution < -0.4 is 4.90 Å². The summed E-state index contributed by atoms with van der Waals surface area (Å²) >= 11 is 0. The molecule has 0 fully saturated rings. The number of pyridine rings is 1. The van der Waals surface area contributed by atoms with E-state index >= 15 is 0 Å². The molecule has 238 valence electrons. The molecule has 0 N–H and O–H groups in total. The van der Waals surface area contributed by atoms with Crippen LogP contribution in [0.15, 0.2) is 179 Å². The lowest BCUT2D eigenvalue weighted by Gasteiger charge is -2.26. The van der Waals surface area contributed by atoms with Crippen molar-refractivity contribution in [3.05, 3.63) is 170 Å². The Balaban J connectivity index is 1.07. The number of fused-ring (bicyclic) bond motifs is 11. The van der Waals surface area contributed by atoms with Gasteiger partial charge in [-0.3, -0.25) is 4.98 Å². The molecule has 8 aromatic carbocycles. The fraction of sp³-hybridized carbons (Fsp3) is 0. The van der Waals surface area contributed by atoms with Gasteiger partial charge in [0.2, 0.25) is 0 Å². The van der Waals surface area contributed by atoms with E-state index in [-0.39, 0.29) is 0 Å². The molecule has 0 unspecified atom stereocenters. The van der Waals surface area contributed by atoms with Gasteiger partial charge in [-0.05, 0) is 107 Å². The van der Waals surface area contributed by atoms with Crippen LogP contribution >= 0.6 is 0 Å². The van der Waals surface area contributed by atoms with Gasteiger partial charge >= 0.3 is 0 Å². The molecule has 4 heteroatoms. The minimum Gasteiger partial charge on any atom is -0.455 e. The van der Waals surface area contributed by atoms with Gasteiger partial charge in [0.05, 0.1) is 5.52 Å². The molecule has 51 heavy (non-hydrogen) atoms. The minimum atomic E-state index is 0.905. The second-order valence-electron chi connectivity index (χ2n) is 13.2. The summed E-state index contributed by atoms with van der Waals surface area (Å²) in [7, 11) is 0. The first-order chi connectivity index (χ1) is 25.2. The number of furan rings is 2. The molecule has 0 aliphatic carbocycles. The van der Waals surface area contributed by atoms with Gasteiger partial charge in [-0.15, -0.1) is 0 Å². The van der Waals surface area contributed by atoms with Crippen molar-refractivity contribution < 1.29 is 8.83 Å². The number of hydrogen-bond acceptors (Lipinski definition) is 4. The summed E-state index contributed by atoms with van der Waals surface area (Å²) in [6.45, 7) is 0. The standard InChI is InChI=1S/C47H28N2O2/c1-3-9-44-39(7-1)41-21-15-32-26-35(19-23-37(32)46(41)50-44)49(34-17-13-29(14-18-34)31-12-11-30-6-5-25-48-43(30)28-31)36-20-24-38-33(27-36)16-22-42-40-8-2-4-10-45(40)51-47(38)42/h1-28H. The predicted octanol–water partition coefficient (Wildman–Crippen LogP) is 13.5. The average Bonchev–Trinajstić information content (AvgIpc) is 3.77. The van der Waals surface area contributed by atoms with Crippen molar-refractivity contribution in [3.8, 4) is 11.1 Å². The molecule has 0 saturated heterocycles. The maximum atomic E-state index is 6.40. The van der Waals surface area contributed by atoms with E-state index in [4.69, 9.17) is 8.83 Å². The largest absolute Gasteiger partial charge is 0.455 e. The van der Waals surface area contributed by atoms with Gasteiger partial charge in [-0.25, -0.2) is 0 Å². The Bertz CT molecular complexity index is 3000. The van der Waals surface area contributed by atoms with Crippen LogP contribution in [0.2, 0.25) is 0 Å². The fourth-order valence-electron chi connectivity index (χ4n) is 7.77. The van der Waals surface area contributed by atoms with E-state index in [1.165, 1.54) is 0 Å².